The van der Waals surface area contributed by atoms with Crippen LogP contribution in [0.2, 0.25) is 5.02 Å². The largest absolute Gasteiger partial charge is 0.458 e. The maximum atomic E-state index is 14.5. The summed E-state index contributed by atoms with van der Waals surface area (Å²) in [5.74, 6) is -2.11. The summed E-state index contributed by atoms with van der Waals surface area (Å²) >= 11 is 7.82. The fourth-order valence-corrected chi connectivity index (χ4v) is 8.37. The van der Waals surface area contributed by atoms with Crippen LogP contribution in [-0.2, 0) is 24.3 Å². The number of nitrogens with zero attached hydrogens (tertiary/aromatic N) is 3. The Balaban J connectivity index is 1.85. The number of ether oxygens (including phenoxy) is 2. The molecule has 2 saturated heterocycles. The number of benzene rings is 2. The first-order valence-corrected chi connectivity index (χ1v) is 17.5. The van der Waals surface area contributed by atoms with Crippen molar-refractivity contribution in [1.82, 2.24) is 15.1 Å². The van der Waals surface area contributed by atoms with Gasteiger partial charge < -0.3 is 19.3 Å². The lowest BCUT2D eigenvalue weighted by atomic mass is 9.94. The fraction of sp³-hybridized carbons (Fsp3) is 0.516. The molecule has 2 aromatic rings. The van der Waals surface area contributed by atoms with E-state index in [4.69, 9.17) is 21.1 Å². The van der Waals surface area contributed by atoms with Gasteiger partial charge in [-0.05, 0) is 91.1 Å². The number of anilines is 1. The molecule has 252 valence electrons. The van der Waals surface area contributed by atoms with Crippen LogP contribution in [0, 0.1) is 5.82 Å². The third-order valence-electron chi connectivity index (χ3n) is 7.51. The molecule has 0 spiro atoms. The van der Waals surface area contributed by atoms with E-state index in [0.29, 0.717) is 36.2 Å². The summed E-state index contributed by atoms with van der Waals surface area (Å²) in [6.07, 6.45) is -0.626. The van der Waals surface area contributed by atoms with Gasteiger partial charge in [0.25, 0.3) is 10.0 Å². The van der Waals surface area contributed by atoms with Crippen molar-refractivity contribution >= 4 is 56.9 Å². The lowest BCUT2D eigenvalue weighted by Gasteiger charge is -2.41. The van der Waals surface area contributed by atoms with Gasteiger partial charge in [0.15, 0.2) is 11.5 Å². The van der Waals surface area contributed by atoms with E-state index >= 15 is 0 Å². The molecule has 46 heavy (non-hydrogen) atoms. The number of nitrogens with one attached hydrogen (secondary N) is 1. The molecule has 11 nitrogen and oxygen atoms in total. The SMILES string of the molecule is CN1CCN(C(=O)Oc2ccc(N([C@@](C)(C(=O)OC(C)(C)C)C(=O)[C@H]3NC(C)(C)CS3)S(=O)(=O)c3ccc(F)cc3)cc2Cl)CC1. The maximum absolute atomic E-state index is 14.5. The average molecular weight is 699 g/mol. The van der Waals surface area contributed by atoms with Crippen molar-refractivity contribution in [3.05, 3.63) is 53.3 Å². The molecule has 15 heteroatoms. The Kier molecular flexibility index (Phi) is 10.4. The number of halogens is 2. The van der Waals surface area contributed by atoms with Crippen LogP contribution >= 0.6 is 23.4 Å². The number of carbonyl (C=O) groups excluding carboxylic acids is 3. The average Bonchev–Trinajstić information content (AvgIpc) is 3.32. The number of thioether (sulfide) groups is 1. The second-order valence-electron chi connectivity index (χ2n) is 13.2. The summed E-state index contributed by atoms with van der Waals surface area (Å²) in [5.41, 5.74) is -4.25. The Labute approximate surface area is 278 Å². The van der Waals surface area contributed by atoms with Crippen LogP contribution in [-0.4, -0.2) is 97.1 Å². The number of ketones is 1. The summed E-state index contributed by atoms with van der Waals surface area (Å²) in [6, 6.07) is 7.78. The number of likely N-dealkylation sites (N-methyl/N-ethyl adjacent to an activating group) is 1. The van der Waals surface area contributed by atoms with Gasteiger partial charge in [-0.15, -0.1) is 11.8 Å². The van der Waals surface area contributed by atoms with Gasteiger partial charge in [0.2, 0.25) is 5.54 Å². The normalized spacial score (nSPS) is 20.1. The number of amides is 1. The number of hydrogen-bond acceptors (Lipinski definition) is 10. The summed E-state index contributed by atoms with van der Waals surface area (Å²) in [6.45, 7) is 12.0. The highest BCUT2D eigenvalue weighted by Crippen LogP contribution is 2.40. The van der Waals surface area contributed by atoms with Crippen LogP contribution in [0.25, 0.3) is 0 Å². The van der Waals surface area contributed by atoms with E-state index in [0.717, 1.165) is 24.3 Å². The lowest BCUT2D eigenvalue weighted by Crippen LogP contribution is -2.65. The Morgan fingerprint density at radius 2 is 1.65 bits per heavy atom. The van der Waals surface area contributed by atoms with Crippen LogP contribution in [0.15, 0.2) is 47.4 Å². The van der Waals surface area contributed by atoms with Crippen molar-refractivity contribution in [1.29, 1.82) is 0 Å². The van der Waals surface area contributed by atoms with Gasteiger partial charge in [-0.3, -0.25) is 10.1 Å². The van der Waals surface area contributed by atoms with Gasteiger partial charge in [0.05, 0.1) is 15.6 Å². The topological polar surface area (TPSA) is 126 Å². The van der Waals surface area contributed by atoms with E-state index in [1.165, 1.54) is 41.8 Å². The van der Waals surface area contributed by atoms with Crippen LogP contribution in [0.3, 0.4) is 0 Å². The Hall–Kier alpha value is -2.91. The maximum Gasteiger partial charge on any atom is 0.415 e. The minimum atomic E-state index is -4.78. The van der Waals surface area contributed by atoms with Crippen molar-refractivity contribution < 1.29 is 36.7 Å². The van der Waals surface area contributed by atoms with Gasteiger partial charge in [-0.1, -0.05) is 11.6 Å². The van der Waals surface area contributed by atoms with E-state index in [1.807, 2.05) is 20.9 Å². The van der Waals surface area contributed by atoms with Gasteiger partial charge in [-0.2, -0.15) is 0 Å². The monoisotopic (exact) mass is 698 g/mol. The Bertz CT molecular complexity index is 1590. The number of hydrogen-bond donors (Lipinski definition) is 1. The predicted octanol–water partition coefficient (Wildman–Crippen LogP) is 4.53. The van der Waals surface area contributed by atoms with Gasteiger partial charge in [-0.25, -0.2) is 26.7 Å². The zero-order chi connectivity index (χ0) is 34.2. The smallest absolute Gasteiger partial charge is 0.415 e. The van der Waals surface area contributed by atoms with Crippen molar-refractivity contribution in [3.8, 4) is 5.75 Å². The van der Waals surface area contributed by atoms with Gasteiger partial charge in [0, 0.05) is 37.5 Å². The van der Waals surface area contributed by atoms with Gasteiger partial charge in [0.1, 0.15) is 16.8 Å². The molecular weight excluding hydrogens is 659 g/mol. The van der Waals surface area contributed by atoms with E-state index < -0.39 is 55.7 Å². The van der Waals surface area contributed by atoms with E-state index in [2.05, 4.69) is 10.2 Å². The zero-order valence-corrected chi connectivity index (χ0v) is 29.3. The first kappa shape index (κ1) is 35.9. The second-order valence-corrected chi connectivity index (χ2v) is 16.4. The van der Waals surface area contributed by atoms with Crippen molar-refractivity contribution in [3.63, 3.8) is 0 Å². The first-order chi connectivity index (χ1) is 21.2. The van der Waals surface area contributed by atoms with Crippen molar-refractivity contribution in [2.75, 3.05) is 43.3 Å². The molecule has 1 N–H and O–H groups in total. The van der Waals surface area contributed by atoms with Gasteiger partial charge >= 0.3 is 12.1 Å². The first-order valence-electron chi connectivity index (χ1n) is 14.7. The summed E-state index contributed by atoms with van der Waals surface area (Å²) < 4.78 is 54.8. The summed E-state index contributed by atoms with van der Waals surface area (Å²) in [5, 5.41) is 2.06. The number of Topliss-reactive ketones (excluding diaryl/α,β-unsaturated/α-hetero) is 1. The van der Waals surface area contributed by atoms with Crippen molar-refractivity contribution in [2.45, 2.75) is 68.5 Å². The molecule has 0 bridgehead atoms. The summed E-state index contributed by atoms with van der Waals surface area (Å²) in [4.78, 5) is 44.7. The van der Waals surface area contributed by atoms with E-state index in [9.17, 15) is 27.2 Å². The number of rotatable bonds is 8. The molecule has 2 atom stereocenters. The quantitative estimate of drug-likeness (QED) is 0.311. The molecule has 0 saturated carbocycles. The van der Waals surface area contributed by atoms with Crippen LogP contribution < -0.4 is 14.4 Å². The third kappa shape index (κ3) is 7.79. The highest BCUT2D eigenvalue weighted by atomic mass is 35.5. The molecule has 2 heterocycles. The highest BCUT2D eigenvalue weighted by molar-refractivity contribution is 8.01. The van der Waals surface area contributed by atoms with Crippen LogP contribution in [0.1, 0.15) is 41.5 Å². The minimum Gasteiger partial charge on any atom is -0.458 e. The Morgan fingerprint density at radius 1 is 1.04 bits per heavy atom. The molecule has 2 fully saturated rings. The van der Waals surface area contributed by atoms with Crippen molar-refractivity contribution in [2.24, 2.45) is 0 Å². The van der Waals surface area contributed by atoms with E-state index in [1.54, 1.807) is 20.8 Å². The molecule has 2 aliphatic rings. The summed E-state index contributed by atoms with van der Waals surface area (Å²) in [7, 11) is -2.83. The standard InChI is InChI=1S/C31H40ClFN4O7S2/c1-29(2,3)44-27(39)31(6,25(38)26-34-30(4,5)19-45-26)37(46(41,42)22-11-8-20(33)9-12-22)21-10-13-24(23(32)18-21)43-28(40)36-16-14-35(7)15-17-36/h8-13,18,26,34H,14-17,19H2,1-7H3/t26-,31+/m0/s1. The number of esters is 1. The zero-order valence-electron chi connectivity index (χ0n) is 26.9. The molecule has 1 amide bonds. The lowest BCUT2D eigenvalue weighted by molar-refractivity contribution is -0.162. The third-order valence-corrected chi connectivity index (χ3v) is 11.3. The Morgan fingerprint density at radius 3 is 2.17 bits per heavy atom. The van der Waals surface area contributed by atoms with Crippen LogP contribution in [0.4, 0.5) is 14.9 Å². The number of sulfonamides is 1. The molecule has 2 aliphatic heterocycles. The molecule has 2 aromatic carbocycles. The predicted molar refractivity (Wildman–Crippen MR) is 175 cm³/mol. The van der Waals surface area contributed by atoms with Crippen LogP contribution in [0.5, 0.6) is 5.75 Å². The second kappa shape index (κ2) is 13.3. The highest BCUT2D eigenvalue weighted by Gasteiger charge is 2.57. The molecule has 0 radical (unpaired) electrons. The molecule has 4 rings (SSSR count). The number of carbonyl (C=O) groups is 3. The fourth-order valence-electron chi connectivity index (χ4n) is 4.98. The minimum absolute atomic E-state index is 0.0477. The number of piperazine rings is 1. The van der Waals surface area contributed by atoms with E-state index in [-0.39, 0.29) is 21.4 Å². The molecule has 0 aliphatic carbocycles. The molecular formula is C31H40ClFN4O7S2. The molecule has 0 unspecified atom stereocenters. The molecule has 0 aromatic heterocycles.